The molecule has 1 amide bonds. The average Bonchev–Trinajstić information content (AvgIpc) is 2.88. The molecule has 0 fully saturated rings. The Morgan fingerprint density at radius 2 is 2.50 bits per heavy atom. The van der Waals surface area contributed by atoms with Crippen molar-refractivity contribution in [3.63, 3.8) is 0 Å². The normalized spacial score (nSPS) is 14.9. The molecule has 0 saturated carbocycles. The van der Waals surface area contributed by atoms with Gasteiger partial charge in [0.2, 0.25) is 0 Å². The second-order valence-electron chi connectivity index (χ2n) is 3.96. The highest BCUT2D eigenvalue weighted by Gasteiger charge is 2.11. The molecule has 0 bridgehead atoms. The maximum Gasteiger partial charge on any atom is 0.271 e. The largest absolute Gasteiger partial charge is 0.396 e. The molecule has 4 N–H and O–H groups in total. The lowest BCUT2D eigenvalue weighted by atomic mass is 10.2. The third-order valence-corrected chi connectivity index (χ3v) is 2.76. The van der Waals surface area contributed by atoms with Gasteiger partial charge in [0.25, 0.3) is 5.91 Å². The van der Waals surface area contributed by atoms with Crippen LogP contribution in [0.3, 0.4) is 0 Å². The van der Waals surface area contributed by atoms with E-state index in [9.17, 15) is 4.79 Å². The third-order valence-electron chi connectivity index (χ3n) is 2.76. The van der Waals surface area contributed by atoms with Crippen molar-refractivity contribution in [2.75, 3.05) is 12.3 Å². The maximum absolute atomic E-state index is 11.6. The van der Waals surface area contributed by atoms with Crippen LogP contribution in [0.2, 0.25) is 0 Å². The average molecular weight is 220 g/mol. The monoisotopic (exact) mass is 220 g/mol. The predicted octanol–water partition coefficient (Wildman–Crippen LogP) is 1.22. The van der Waals surface area contributed by atoms with Gasteiger partial charge in [-0.25, -0.2) is 0 Å². The highest BCUT2D eigenvalue weighted by molar-refractivity contribution is 5.96. The van der Waals surface area contributed by atoms with Crippen LogP contribution in [0.15, 0.2) is 17.8 Å². The number of hydrogen-bond donors (Lipinski definition) is 3. The Hall–Kier alpha value is -1.78. The number of aromatic nitrogens is 2. The molecule has 0 spiro atoms. The summed E-state index contributed by atoms with van der Waals surface area (Å²) in [6.45, 7) is 0.656. The fraction of sp³-hybridized carbons (Fsp3) is 0.455. The summed E-state index contributed by atoms with van der Waals surface area (Å²) in [5, 5.41) is 9.11. The molecule has 86 valence electrons. The molecule has 1 aromatic heterocycles. The zero-order chi connectivity index (χ0) is 11.4. The second-order valence-corrected chi connectivity index (χ2v) is 3.96. The van der Waals surface area contributed by atoms with Gasteiger partial charge in [0.1, 0.15) is 5.69 Å². The van der Waals surface area contributed by atoms with Gasteiger partial charge in [-0.3, -0.25) is 9.89 Å². The zero-order valence-electron chi connectivity index (χ0n) is 9.12. The molecule has 1 heterocycles. The summed E-state index contributed by atoms with van der Waals surface area (Å²) < 4.78 is 0. The first kappa shape index (κ1) is 10.7. The molecule has 0 saturated heterocycles. The number of carbonyl (C=O) groups excluding carboxylic acids is 1. The van der Waals surface area contributed by atoms with E-state index in [-0.39, 0.29) is 5.91 Å². The third kappa shape index (κ3) is 2.42. The fourth-order valence-corrected chi connectivity index (χ4v) is 1.87. The summed E-state index contributed by atoms with van der Waals surface area (Å²) in [7, 11) is 0. The standard InChI is InChI=1S/C11H16N4O/c12-9-7-14-15-10(9)11(16)13-6-5-8-3-1-2-4-8/h3,7H,1-2,4-6,12H2,(H,13,16)(H,14,15). The number of H-pyrrole nitrogens is 1. The van der Waals surface area contributed by atoms with Gasteiger partial charge in [-0.1, -0.05) is 11.6 Å². The molecule has 16 heavy (non-hydrogen) atoms. The first-order valence-corrected chi connectivity index (χ1v) is 5.52. The van der Waals surface area contributed by atoms with E-state index in [0.717, 1.165) is 6.42 Å². The van der Waals surface area contributed by atoms with Crippen molar-refractivity contribution in [1.82, 2.24) is 15.5 Å². The summed E-state index contributed by atoms with van der Waals surface area (Å²) in [6, 6.07) is 0. The molecule has 1 aliphatic rings. The Morgan fingerprint density at radius 1 is 1.62 bits per heavy atom. The second kappa shape index (κ2) is 4.83. The van der Waals surface area contributed by atoms with E-state index in [4.69, 9.17) is 5.73 Å². The molecule has 0 radical (unpaired) electrons. The Labute approximate surface area is 94.1 Å². The molecule has 5 nitrogen and oxygen atoms in total. The van der Waals surface area contributed by atoms with Crippen LogP contribution in [0, 0.1) is 0 Å². The van der Waals surface area contributed by atoms with Crippen molar-refractivity contribution in [2.45, 2.75) is 25.7 Å². The molecule has 0 aromatic carbocycles. The van der Waals surface area contributed by atoms with Gasteiger partial charge >= 0.3 is 0 Å². The van der Waals surface area contributed by atoms with Crippen LogP contribution in [0.25, 0.3) is 0 Å². The number of allylic oxidation sites excluding steroid dienone is 1. The lowest BCUT2D eigenvalue weighted by molar-refractivity contribution is 0.0950. The predicted molar refractivity (Wildman–Crippen MR) is 61.9 cm³/mol. The first-order chi connectivity index (χ1) is 7.77. The number of nitrogens with one attached hydrogen (secondary N) is 2. The van der Waals surface area contributed by atoms with Crippen LogP contribution in [-0.2, 0) is 0 Å². The van der Waals surface area contributed by atoms with Crippen molar-refractivity contribution in [3.05, 3.63) is 23.5 Å². The zero-order valence-corrected chi connectivity index (χ0v) is 9.12. The van der Waals surface area contributed by atoms with Crippen LogP contribution in [0.4, 0.5) is 5.69 Å². The molecule has 1 aliphatic carbocycles. The summed E-state index contributed by atoms with van der Waals surface area (Å²) >= 11 is 0. The van der Waals surface area contributed by atoms with Crippen LogP contribution in [-0.4, -0.2) is 22.6 Å². The summed E-state index contributed by atoms with van der Waals surface area (Å²) in [6.07, 6.45) is 8.22. The van der Waals surface area contributed by atoms with E-state index in [1.165, 1.54) is 31.0 Å². The number of anilines is 1. The molecular weight excluding hydrogens is 204 g/mol. The minimum absolute atomic E-state index is 0.186. The van der Waals surface area contributed by atoms with E-state index in [1.54, 1.807) is 0 Å². The van der Waals surface area contributed by atoms with Crippen LogP contribution < -0.4 is 11.1 Å². The van der Waals surface area contributed by atoms with Gasteiger partial charge in [0.05, 0.1) is 11.9 Å². The summed E-state index contributed by atoms with van der Waals surface area (Å²) in [5.74, 6) is -0.186. The van der Waals surface area contributed by atoms with E-state index < -0.39 is 0 Å². The first-order valence-electron chi connectivity index (χ1n) is 5.52. The van der Waals surface area contributed by atoms with E-state index in [1.807, 2.05) is 0 Å². The lowest BCUT2D eigenvalue weighted by Gasteiger charge is -2.04. The van der Waals surface area contributed by atoms with Crippen molar-refractivity contribution in [1.29, 1.82) is 0 Å². The van der Waals surface area contributed by atoms with Crippen LogP contribution in [0.1, 0.15) is 36.2 Å². The Morgan fingerprint density at radius 3 is 3.12 bits per heavy atom. The topological polar surface area (TPSA) is 83.8 Å². The van der Waals surface area contributed by atoms with Crippen molar-refractivity contribution in [3.8, 4) is 0 Å². The molecular formula is C11H16N4O. The fourth-order valence-electron chi connectivity index (χ4n) is 1.87. The van der Waals surface area contributed by atoms with E-state index in [0.29, 0.717) is 17.9 Å². The number of nitrogens with two attached hydrogens (primary N) is 1. The number of carbonyl (C=O) groups is 1. The molecule has 5 heteroatoms. The molecule has 0 unspecified atom stereocenters. The highest BCUT2D eigenvalue weighted by Crippen LogP contribution is 2.19. The van der Waals surface area contributed by atoms with Crippen LogP contribution >= 0.6 is 0 Å². The smallest absolute Gasteiger partial charge is 0.271 e. The molecule has 2 rings (SSSR count). The highest BCUT2D eigenvalue weighted by atomic mass is 16.1. The molecule has 0 atom stereocenters. The summed E-state index contributed by atoms with van der Waals surface area (Å²) in [5.41, 5.74) is 7.75. The number of hydrogen-bond acceptors (Lipinski definition) is 3. The number of aromatic amines is 1. The van der Waals surface area contributed by atoms with Gasteiger partial charge < -0.3 is 11.1 Å². The number of amides is 1. The number of rotatable bonds is 4. The number of nitrogens with zero attached hydrogens (tertiary/aromatic N) is 1. The SMILES string of the molecule is Nc1cn[nH]c1C(=O)NCCC1=CCCC1. The van der Waals surface area contributed by atoms with E-state index in [2.05, 4.69) is 21.6 Å². The minimum atomic E-state index is -0.186. The summed E-state index contributed by atoms with van der Waals surface area (Å²) in [4.78, 5) is 11.6. The molecule has 1 aromatic rings. The van der Waals surface area contributed by atoms with Crippen molar-refractivity contribution >= 4 is 11.6 Å². The van der Waals surface area contributed by atoms with Gasteiger partial charge in [0.15, 0.2) is 0 Å². The maximum atomic E-state index is 11.6. The Kier molecular flexibility index (Phi) is 3.24. The van der Waals surface area contributed by atoms with Gasteiger partial charge in [-0.05, 0) is 25.7 Å². The van der Waals surface area contributed by atoms with Crippen LogP contribution in [0.5, 0.6) is 0 Å². The van der Waals surface area contributed by atoms with E-state index >= 15 is 0 Å². The van der Waals surface area contributed by atoms with Gasteiger partial charge in [-0.15, -0.1) is 0 Å². The minimum Gasteiger partial charge on any atom is -0.396 e. The lowest BCUT2D eigenvalue weighted by Crippen LogP contribution is -2.25. The molecule has 0 aliphatic heterocycles. The Bertz CT molecular complexity index is 408. The number of nitrogen functional groups attached to an aromatic ring is 1. The van der Waals surface area contributed by atoms with Crippen molar-refractivity contribution in [2.24, 2.45) is 0 Å². The van der Waals surface area contributed by atoms with Crippen molar-refractivity contribution < 1.29 is 4.79 Å². The Balaban J connectivity index is 1.78. The van der Waals surface area contributed by atoms with Gasteiger partial charge in [-0.2, -0.15) is 5.10 Å². The van der Waals surface area contributed by atoms with Gasteiger partial charge in [0, 0.05) is 6.54 Å². The quantitative estimate of drug-likeness (QED) is 0.667.